The number of amides is 4. The van der Waals surface area contributed by atoms with Crippen molar-refractivity contribution >= 4 is 65.0 Å². The third-order valence-electron chi connectivity index (χ3n) is 15.2. The van der Waals surface area contributed by atoms with E-state index < -0.39 is 52.5 Å². The Balaban J connectivity index is 0.000000350. The molecular formula is C55H82F2N12O8S. The topological polar surface area (TPSA) is 235 Å². The molecule has 5 aliphatic rings. The molecule has 0 saturated carbocycles. The van der Waals surface area contributed by atoms with Crippen molar-refractivity contribution in [3.63, 3.8) is 0 Å². The minimum atomic E-state index is -0.823. The molecule has 0 bridgehead atoms. The van der Waals surface area contributed by atoms with Crippen molar-refractivity contribution in [1.82, 2.24) is 41.2 Å². The van der Waals surface area contributed by atoms with Crippen molar-refractivity contribution in [3.8, 4) is 0 Å². The molecule has 4 amide bonds. The third kappa shape index (κ3) is 17.6. The molecule has 6 N–H and O–H groups in total. The minimum Gasteiger partial charge on any atom is -0.400 e. The largest absolute Gasteiger partial charge is 0.400 e. The van der Waals surface area contributed by atoms with Crippen LogP contribution in [0, 0.1) is 22.5 Å². The van der Waals surface area contributed by atoms with Crippen LogP contribution in [0.2, 0.25) is 0 Å². The summed E-state index contributed by atoms with van der Waals surface area (Å²) in [4.78, 5) is 90.1. The van der Waals surface area contributed by atoms with Crippen LogP contribution >= 0.6 is 11.8 Å². The van der Waals surface area contributed by atoms with Crippen LogP contribution in [0.5, 0.6) is 0 Å². The first-order chi connectivity index (χ1) is 37.2. The Labute approximate surface area is 462 Å². The van der Waals surface area contributed by atoms with Gasteiger partial charge in [-0.15, -0.1) is 16.8 Å². The first kappa shape index (κ1) is 63.0. The number of halogens is 2. The highest BCUT2D eigenvalue weighted by Crippen LogP contribution is 2.38. The SMILES string of the molecule is CC(NC=O)c1ccc(C2SC=NC2C)cc1.CC1CCCN1C.CNc1cc(N2CCC3(CC2)CN(c2cc(F)c(CN4CCC(C)(C(=O)NOOCC(=O)NC(C=O)C(C)(C)C)CC4)cc2F)CC(=O)N3)ncn1.CO. The number of anilines is 3. The van der Waals surface area contributed by atoms with Gasteiger partial charge in [0.25, 0.3) is 5.91 Å². The average Bonchev–Trinajstić information content (AvgIpc) is 4.06. The maximum atomic E-state index is 15.7. The van der Waals surface area contributed by atoms with Crippen LogP contribution in [0.1, 0.15) is 115 Å². The molecule has 6 heterocycles. The lowest BCUT2D eigenvalue weighted by molar-refractivity contribution is -0.325. The van der Waals surface area contributed by atoms with Crippen molar-refractivity contribution in [3.05, 3.63) is 77.1 Å². The summed E-state index contributed by atoms with van der Waals surface area (Å²) in [5.41, 5.74) is 4.91. The number of rotatable bonds is 16. The zero-order valence-corrected chi connectivity index (χ0v) is 47.8. The van der Waals surface area contributed by atoms with E-state index >= 15 is 8.78 Å². The number of aldehydes is 1. The maximum Gasteiger partial charge on any atom is 0.251 e. The molecular weight excluding hydrogens is 1030 g/mol. The molecule has 0 aliphatic carbocycles. The van der Waals surface area contributed by atoms with Crippen LogP contribution in [0.3, 0.4) is 0 Å². The molecule has 3 aromatic rings. The predicted octanol–water partition coefficient (Wildman–Crippen LogP) is 5.49. The van der Waals surface area contributed by atoms with E-state index in [1.165, 1.54) is 43.4 Å². The van der Waals surface area contributed by atoms with E-state index in [1.54, 1.807) is 51.4 Å². The lowest BCUT2D eigenvalue weighted by Crippen LogP contribution is -2.66. The normalized spacial score (nSPS) is 21.5. The van der Waals surface area contributed by atoms with Crippen LogP contribution in [0.25, 0.3) is 0 Å². The second-order valence-electron chi connectivity index (χ2n) is 21.9. The zero-order chi connectivity index (χ0) is 57.2. The molecule has 2 aromatic carbocycles. The molecule has 430 valence electrons. The Bertz CT molecular complexity index is 2460. The van der Waals surface area contributed by atoms with E-state index in [2.05, 4.69) is 96.7 Å². The molecule has 23 heteroatoms. The molecule has 5 aliphatic heterocycles. The Morgan fingerprint density at radius 2 is 1.67 bits per heavy atom. The van der Waals surface area contributed by atoms with Gasteiger partial charge in [-0.05, 0) is 109 Å². The van der Waals surface area contributed by atoms with Gasteiger partial charge in [-0.2, -0.15) is 0 Å². The number of aromatic nitrogens is 2. The molecule has 5 unspecified atom stereocenters. The number of nitrogens with one attached hydrogen (secondary N) is 5. The van der Waals surface area contributed by atoms with E-state index in [-0.39, 0.29) is 36.3 Å². The van der Waals surface area contributed by atoms with E-state index in [1.807, 2.05) is 23.4 Å². The van der Waals surface area contributed by atoms with Gasteiger partial charge < -0.3 is 45.9 Å². The summed E-state index contributed by atoms with van der Waals surface area (Å²) in [6.07, 6.45) is 7.72. The molecule has 78 heavy (non-hydrogen) atoms. The number of piperidine rings is 2. The summed E-state index contributed by atoms with van der Waals surface area (Å²) >= 11 is 1.76. The van der Waals surface area contributed by atoms with Gasteiger partial charge >= 0.3 is 0 Å². The van der Waals surface area contributed by atoms with E-state index in [0.717, 1.165) is 30.9 Å². The van der Waals surface area contributed by atoms with Crippen LogP contribution in [0.15, 0.2) is 53.8 Å². The van der Waals surface area contributed by atoms with Crippen molar-refractivity contribution in [1.29, 1.82) is 0 Å². The average molecular weight is 1110 g/mol. The smallest absolute Gasteiger partial charge is 0.251 e. The zero-order valence-electron chi connectivity index (χ0n) is 46.9. The Morgan fingerprint density at radius 3 is 2.23 bits per heavy atom. The second-order valence-corrected chi connectivity index (χ2v) is 22.9. The number of aliphatic hydroxyl groups excluding tert-OH is 1. The lowest BCUT2D eigenvalue weighted by atomic mass is 9.79. The van der Waals surface area contributed by atoms with E-state index in [0.29, 0.717) is 81.8 Å². The van der Waals surface area contributed by atoms with Crippen molar-refractivity contribution in [2.24, 2.45) is 15.8 Å². The Morgan fingerprint density at radius 1 is 0.974 bits per heavy atom. The Kier molecular flexibility index (Phi) is 23.7. The minimum absolute atomic E-state index is 0.0488. The summed E-state index contributed by atoms with van der Waals surface area (Å²) in [6.45, 7) is 16.9. The van der Waals surface area contributed by atoms with Crippen LogP contribution in [-0.2, 0) is 40.4 Å². The van der Waals surface area contributed by atoms with Gasteiger partial charge in [-0.1, -0.05) is 52.0 Å². The number of nitrogens with zero attached hydrogens (tertiary/aromatic N) is 7. The molecule has 8 rings (SSSR count). The number of aliphatic hydroxyl groups is 1. The van der Waals surface area contributed by atoms with Crippen molar-refractivity contribution in [2.45, 2.75) is 128 Å². The maximum absolute atomic E-state index is 15.7. The lowest BCUT2D eigenvalue weighted by Gasteiger charge is -2.48. The standard InChI is InChI=1S/C35H49F2N9O6.C13H16N2OS.C6H13N.CH4O/c1-33(2,3)27(19-47)41-31(49)20-51-52-43-32(50)34(4)6-10-44(11-7-34)17-23-14-25(37)26(15-24(23)36)46-18-30(48)42-35(21-46)8-12-45(13-9-35)29-16-28(38-5)39-22-40-29;1-9(14-7-16)11-3-5-12(6-4-11)13-10(2)15-8-17-13;1-6-4-3-5-7(6)2;1-2/h14-16,19,22,27H,6-13,17-18,20-21H2,1-5H3,(H,41,49)(H,42,48)(H,43,50)(H,38,39,40);3-10,13H,1-2H3,(H,14,16);6H,3-5H2,1-2H3;2H,1H3. The quantitative estimate of drug-likeness (QED) is 0.0450. The second kappa shape index (κ2) is 29.4. The summed E-state index contributed by atoms with van der Waals surface area (Å²) < 4.78 is 31.2. The molecule has 1 spiro atoms. The predicted molar refractivity (Wildman–Crippen MR) is 300 cm³/mol. The fraction of sp³-hybridized carbons (Fsp3) is 0.600. The highest BCUT2D eigenvalue weighted by atomic mass is 32.2. The number of hydroxylamine groups is 1. The highest BCUT2D eigenvalue weighted by molar-refractivity contribution is 8.12. The van der Waals surface area contributed by atoms with Gasteiger partial charge in [0.05, 0.1) is 52.1 Å². The number of hydrogen-bond acceptors (Lipinski definition) is 17. The number of carbonyl (C=O) groups is 5. The highest BCUT2D eigenvalue weighted by Gasteiger charge is 2.43. The molecule has 5 atom stereocenters. The van der Waals surface area contributed by atoms with Gasteiger partial charge in [-0.25, -0.2) is 29.1 Å². The van der Waals surface area contributed by atoms with Crippen LogP contribution in [0.4, 0.5) is 26.1 Å². The Hall–Kier alpha value is -5.85. The van der Waals surface area contributed by atoms with Gasteiger partial charge in [0.2, 0.25) is 18.2 Å². The molecule has 20 nitrogen and oxygen atoms in total. The molecule has 0 radical (unpaired) electrons. The van der Waals surface area contributed by atoms with Crippen LogP contribution in [-0.4, -0.2) is 158 Å². The van der Waals surface area contributed by atoms with Gasteiger partial charge in [0.1, 0.15) is 35.9 Å². The van der Waals surface area contributed by atoms with Gasteiger partial charge in [-0.3, -0.25) is 29.1 Å². The fourth-order valence-electron chi connectivity index (χ4n) is 9.80. The number of aliphatic imine (C=N–C) groups is 1. The number of benzene rings is 2. The third-order valence-corrected chi connectivity index (χ3v) is 16.4. The van der Waals surface area contributed by atoms with Crippen LogP contribution < -0.4 is 36.5 Å². The van der Waals surface area contributed by atoms with E-state index in [9.17, 15) is 24.0 Å². The summed E-state index contributed by atoms with van der Waals surface area (Å²) in [5.74, 6) is -0.958. The van der Waals surface area contributed by atoms with Gasteiger partial charge in [0.15, 0.2) is 6.61 Å². The summed E-state index contributed by atoms with van der Waals surface area (Å²) in [7, 11) is 4.98. The fourth-order valence-corrected chi connectivity index (χ4v) is 10.8. The molecule has 1 aromatic heterocycles. The summed E-state index contributed by atoms with van der Waals surface area (Å²) in [5, 5.41) is 18.8. The number of thioether (sulfide) groups is 1. The monoisotopic (exact) mass is 1110 g/mol. The van der Waals surface area contributed by atoms with Gasteiger partial charge in [0, 0.05) is 64.1 Å². The van der Waals surface area contributed by atoms with Crippen molar-refractivity contribution in [2.75, 3.05) is 88.7 Å². The van der Waals surface area contributed by atoms with E-state index in [4.69, 9.17) is 15.0 Å². The summed E-state index contributed by atoms with van der Waals surface area (Å²) in [6, 6.07) is 13.2. The number of piperazine rings is 1. The molecule has 4 fully saturated rings. The first-order valence-corrected chi connectivity index (χ1v) is 27.6. The number of likely N-dealkylation sites (tertiary alicyclic amines) is 2. The molecule has 4 saturated heterocycles. The first-order valence-electron chi connectivity index (χ1n) is 26.6. The van der Waals surface area contributed by atoms with Crippen molar-refractivity contribution < 1.29 is 47.7 Å². The number of hydrogen-bond donors (Lipinski definition) is 6. The number of carbonyl (C=O) groups excluding carboxylic acids is 5.